The third kappa shape index (κ3) is 2.77. The molecule has 9 nitrogen and oxygen atoms in total. The number of aromatic amines is 1. The summed E-state index contributed by atoms with van der Waals surface area (Å²) in [5.74, 6) is -0.552. The number of Topliss-reactive ketones (excluding diaryl/α,β-unsaturated/α-hetero) is 1. The fraction of sp³-hybridized carbons (Fsp3) is 0.278. The van der Waals surface area contributed by atoms with Gasteiger partial charge < -0.3 is 20.8 Å². The number of carbonyl (C=O) groups excluding carboxylic acids is 2. The van der Waals surface area contributed by atoms with Crippen molar-refractivity contribution >= 4 is 34.4 Å². The molecule has 2 aromatic carbocycles. The van der Waals surface area contributed by atoms with E-state index in [4.69, 9.17) is 10.5 Å². The number of nitrogen functional groups attached to an aromatic ring is 1. The van der Waals surface area contributed by atoms with Crippen LogP contribution in [0.2, 0.25) is 0 Å². The summed E-state index contributed by atoms with van der Waals surface area (Å²) in [6.07, 6.45) is 0.169. The van der Waals surface area contributed by atoms with Crippen molar-refractivity contribution in [2.75, 3.05) is 17.7 Å². The lowest BCUT2D eigenvalue weighted by molar-refractivity contribution is -0.138. The maximum atomic E-state index is 12.7. The van der Waals surface area contributed by atoms with Crippen LogP contribution >= 0.6 is 0 Å². The van der Waals surface area contributed by atoms with Gasteiger partial charge in [-0.05, 0) is 24.6 Å². The number of fused-ring (bicyclic) bond motifs is 1. The van der Waals surface area contributed by atoms with Gasteiger partial charge in [0, 0.05) is 24.0 Å². The van der Waals surface area contributed by atoms with Gasteiger partial charge in [-0.1, -0.05) is 0 Å². The maximum absolute atomic E-state index is 12.7. The number of ether oxygens (including phenoxy) is 1. The highest BCUT2D eigenvalue weighted by Gasteiger charge is 2.31. The molecule has 1 aliphatic heterocycles. The van der Waals surface area contributed by atoms with E-state index in [1.54, 1.807) is 19.1 Å². The number of aromatic nitrogens is 2. The van der Waals surface area contributed by atoms with Crippen LogP contribution in [0.5, 0.6) is 0 Å². The standard InChI is InChI=1S/C18H16N4O5/c1-7-4-11-12(22-18(19)21-11)5-8(7)13(23)6-9-14(16(25)15(9)24)20-10-2-3-27-17(10)26/h4-5,10,20H,2-3,6H2,1H3,(H3,19,21,22). The number of aryl methyl sites for hydroxylation is 1. The molecule has 0 aliphatic carbocycles. The van der Waals surface area contributed by atoms with E-state index in [0.29, 0.717) is 28.6 Å². The monoisotopic (exact) mass is 368 g/mol. The lowest BCUT2D eigenvalue weighted by Crippen LogP contribution is -2.42. The van der Waals surface area contributed by atoms with Crippen LogP contribution in [0.15, 0.2) is 21.7 Å². The molecule has 1 fully saturated rings. The molecule has 1 unspecified atom stereocenters. The number of nitrogens with one attached hydrogen (secondary N) is 2. The van der Waals surface area contributed by atoms with Crippen molar-refractivity contribution in [1.29, 1.82) is 0 Å². The third-order valence-electron chi connectivity index (χ3n) is 4.75. The van der Waals surface area contributed by atoms with Crippen molar-refractivity contribution in [3.63, 3.8) is 0 Å². The highest BCUT2D eigenvalue weighted by atomic mass is 16.5. The minimum Gasteiger partial charge on any atom is -0.464 e. The van der Waals surface area contributed by atoms with Crippen LogP contribution in [-0.4, -0.2) is 34.4 Å². The Morgan fingerprint density at radius 1 is 1.33 bits per heavy atom. The van der Waals surface area contributed by atoms with Crippen molar-refractivity contribution in [2.24, 2.45) is 0 Å². The highest BCUT2D eigenvalue weighted by Crippen LogP contribution is 2.22. The van der Waals surface area contributed by atoms with E-state index in [2.05, 4.69) is 15.3 Å². The number of ketones is 1. The van der Waals surface area contributed by atoms with Gasteiger partial charge in [0.05, 0.1) is 23.3 Å². The number of anilines is 2. The predicted molar refractivity (Wildman–Crippen MR) is 97.6 cm³/mol. The van der Waals surface area contributed by atoms with Gasteiger partial charge in [-0.3, -0.25) is 14.4 Å². The maximum Gasteiger partial charge on any atom is 0.328 e. The number of carbonyl (C=O) groups is 2. The summed E-state index contributed by atoms with van der Waals surface area (Å²) in [5, 5.41) is 2.75. The molecule has 2 heterocycles. The minimum absolute atomic E-state index is 0.0277. The summed E-state index contributed by atoms with van der Waals surface area (Å²) in [6.45, 7) is 2.02. The van der Waals surface area contributed by atoms with Gasteiger partial charge in [0.2, 0.25) is 10.9 Å². The Hall–Kier alpha value is -3.49. The molecule has 0 bridgehead atoms. The van der Waals surface area contributed by atoms with Crippen LogP contribution in [0.3, 0.4) is 0 Å². The molecule has 0 radical (unpaired) electrons. The minimum atomic E-state index is -0.718. The number of H-pyrrole nitrogens is 1. The predicted octanol–water partition coefficient (Wildman–Crippen LogP) is 0.202. The van der Waals surface area contributed by atoms with Gasteiger partial charge in [-0.15, -0.1) is 0 Å². The van der Waals surface area contributed by atoms with Crippen molar-refractivity contribution in [3.05, 3.63) is 49.3 Å². The smallest absolute Gasteiger partial charge is 0.328 e. The Bertz CT molecular complexity index is 1170. The zero-order chi connectivity index (χ0) is 19.3. The number of benzene rings is 1. The Balaban J connectivity index is 1.61. The van der Waals surface area contributed by atoms with E-state index in [1.165, 1.54) is 0 Å². The first-order chi connectivity index (χ1) is 12.8. The molecule has 1 atom stereocenters. The second kappa shape index (κ2) is 6.04. The van der Waals surface area contributed by atoms with Crippen LogP contribution < -0.4 is 21.9 Å². The Labute approximate surface area is 152 Å². The second-order valence-electron chi connectivity index (χ2n) is 6.57. The molecule has 1 aliphatic rings. The van der Waals surface area contributed by atoms with Gasteiger partial charge >= 0.3 is 5.97 Å². The summed E-state index contributed by atoms with van der Waals surface area (Å²) in [4.78, 5) is 55.1. The van der Waals surface area contributed by atoms with Crippen LogP contribution in [0, 0.1) is 6.92 Å². The molecular formula is C18H16N4O5. The fourth-order valence-electron chi connectivity index (χ4n) is 3.30. The SMILES string of the molecule is Cc1cc2[nH]c(N)nc2cc1C(=O)Cc1c(NC2CCOC2=O)c(=O)c1=O. The lowest BCUT2D eigenvalue weighted by Gasteiger charge is -2.15. The molecule has 4 rings (SSSR count). The average Bonchev–Trinajstić information content (AvgIpc) is 3.20. The summed E-state index contributed by atoms with van der Waals surface area (Å²) < 4.78 is 4.83. The first-order valence-corrected chi connectivity index (χ1v) is 8.39. The van der Waals surface area contributed by atoms with Crippen LogP contribution in [0.25, 0.3) is 11.0 Å². The van der Waals surface area contributed by atoms with Crippen molar-refractivity contribution < 1.29 is 14.3 Å². The average molecular weight is 368 g/mol. The Morgan fingerprint density at radius 2 is 2.11 bits per heavy atom. The first kappa shape index (κ1) is 17.0. The van der Waals surface area contributed by atoms with E-state index < -0.39 is 22.9 Å². The molecular weight excluding hydrogens is 352 g/mol. The van der Waals surface area contributed by atoms with Crippen LogP contribution in [-0.2, 0) is 16.0 Å². The second-order valence-corrected chi connectivity index (χ2v) is 6.57. The number of hydrogen-bond donors (Lipinski definition) is 3. The number of esters is 1. The summed E-state index contributed by atoms with van der Waals surface area (Å²) >= 11 is 0. The molecule has 3 aromatic rings. The van der Waals surface area contributed by atoms with E-state index in [1.807, 2.05) is 0 Å². The zero-order valence-corrected chi connectivity index (χ0v) is 14.4. The van der Waals surface area contributed by atoms with Crippen molar-refractivity contribution in [1.82, 2.24) is 9.97 Å². The molecule has 0 saturated carbocycles. The fourth-order valence-corrected chi connectivity index (χ4v) is 3.30. The van der Waals surface area contributed by atoms with Gasteiger partial charge in [0.1, 0.15) is 6.04 Å². The zero-order valence-electron chi connectivity index (χ0n) is 14.4. The number of nitrogens with two attached hydrogens (primary N) is 1. The van der Waals surface area contributed by atoms with Gasteiger partial charge in [-0.2, -0.15) is 0 Å². The summed E-state index contributed by atoms with van der Waals surface area (Å²) in [7, 11) is 0. The third-order valence-corrected chi connectivity index (χ3v) is 4.75. The Morgan fingerprint density at radius 3 is 2.81 bits per heavy atom. The molecule has 4 N–H and O–H groups in total. The van der Waals surface area contributed by atoms with Gasteiger partial charge in [0.15, 0.2) is 11.7 Å². The van der Waals surface area contributed by atoms with Crippen LogP contribution in [0.1, 0.15) is 27.9 Å². The van der Waals surface area contributed by atoms with Crippen LogP contribution in [0.4, 0.5) is 11.6 Å². The van der Waals surface area contributed by atoms with Crippen molar-refractivity contribution in [2.45, 2.75) is 25.8 Å². The summed E-state index contributed by atoms with van der Waals surface area (Å²) in [5.41, 5.74) is 6.66. The van der Waals surface area contributed by atoms with Gasteiger partial charge in [0.25, 0.3) is 0 Å². The highest BCUT2D eigenvalue weighted by molar-refractivity contribution is 6.02. The molecule has 0 spiro atoms. The quantitative estimate of drug-likeness (QED) is 0.329. The molecule has 0 amide bonds. The number of nitrogens with zero attached hydrogens (tertiary/aromatic N) is 1. The number of imidazole rings is 1. The Kier molecular flexibility index (Phi) is 3.79. The van der Waals surface area contributed by atoms with Crippen molar-refractivity contribution in [3.8, 4) is 0 Å². The molecule has 9 heteroatoms. The van der Waals surface area contributed by atoms with Gasteiger partial charge in [-0.25, -0.2) is 9.78 Å². The normalized spacial score (nSPS) is 16.8. The number of cyclic esters (lactones) is 1. The van der Waals surface area contributed by atoms with E-state index in [0.717, 1.165) is 0 Å². The molecule has 1 saturated heterocycles. The topological polar surface area (TPSA) is 144 Å². The lowest BCUT2D eigenvalue weighted by atomic mass is 9.95. The molecule has 138 valence electrons. The molecule has 1 aromatic heterocycles. The largest absolute Gasteiger partial charge is 0.464 e. The van der Waals surface area contributed by atoms with E-state index in [9.17, 15) is 19.2 Å². The number of hydrogen-bond acceptors (Lipinski definition) is 8. The first-order valence-electron chi connectivity index (χ1n) is 8.39. The van der Waals surface area contributed by atoms with E-state index >= 15 is 0 Å². The van der Waals surface area contributed by atoms with E-state index in [-0.39, 0.29) is 36.0 Å². The number of rotatable bonds is 5. The molecule has 27 heavy (non-hydrogen) atoms. The summed E-state index contributed by atoms with van der Waals surface area (Å²) in [6, 6.07) is 2.68.